The van der Waals surface area contributed by atoms with E-state index in [1.807, 2.05) is 0 Å². The molecule has 1 aromatic heterocycles. The molecule has 0 bridgehead atoms. The van der Waals surface area contributed by atoms with Gasteiger partial charge in [-0.25, -0.2) is 14.4 Å². The maximum Gasteiger partial charge on any atom is 0.161 e. The monoisotopic (exact) mass is 279 g/mol. The molecule has 5 heteroatoms. The highest BCUT2D eigenvalue weighted by atomic mass is 35.5. The lowest BCUT2D eigenvalue weighted by molar-refractivity contribution is 0.627. The second-order valence-corrected chi connectivity index (χ2v) is 5.24. The van der Waals surface area contributed by atoms with Gasteiger partial charge in [-0.1, -0.05) is 25.4 Å². The summed E-state index contributed by atoms with van der Waals surface area (Å²) < 4.78 is 13.5. The lowest BCUT2D eigenvalue weighted by Gasteiger charge is -2.08. The summed E-state index contributed by atoms with van der Waals surface area (Å²) in [6.07, 6.45) is 0.801. The van der Waals surface area contributed by atoms with Gasteiger partial charge in [0.05, 0.1) is 5.02 Å². The summed E-state index contributed by atoms with van der Waals surface area (Å²) in [5.41, 5.74) is 7.19. The molecule has 1 aromatic carbocycles. The third-order valence-electron chi connectivity index (χ3n) is 2.59. The fourth-order valence-corrected chi connectivity index (χ4v) is 1.92. The summed E-state index contributed by atoms with van der Waals surface area (Å²) in [6.45, 7) is 4.19. The molecule has 0 aliphatic carbocycles. The Kier molecular flexibility index (Phi) is 4.00. The van der Waals surface area contributed by atoms with Gasteiger partial charge in [-0.05, 0) is 30.5 Å². The molecule has 100 valence electrons. The molecule has 2 aromatic rings. The third kappa shape index (κ3) is 3.41. The molecule has 2 rings (SSSR count). The highest BCUT2D eigenvalue weighted by Gasteiger charge is 2.09. The Balaban J connectivity index is 2.43. The number of aromatic nitrogens is 2. The van der Waals surface area contributed by atoms with Crippen molar-refractivity contribution >= 4 is 17.4 Å². The van der Waals surface area contributed by atoms with E-state index < -0.39 is 5.82 Å². The number of nitrogens with zero attached hydrogens (tertiary/aromatic N) is 2. The number of benzene rings is 1. The number of rotatable bonds is 3. The van der Waals surface area contributed by atoms with E-state index in [1.165, 1.54) is 12.1 Å². The van der Waals surface area contributed by atoms with Crippen molar-refractivity contribution in [2.75, 3.05) is 5.73 Å². The fourth-order valence-electron chi connectivity index (χ4n) is 1.81. The molecule has 3 nitrogen and oxygen atoms in total. The van der Waals surface area contributed by atoms with Crippen molar-refractivity contribution in [1.82, 2.24) is 9.97 Å². The van der Waals surface area contributed by atoms with Crippen LogP contribution in [0.3, 0.4) is 0 Å². The van der Waals surface area contributed by atoms with Crippen LogP contribution in [0, 0.1) is 11.7 Å². The van der Waals surface area contributed by atoms with Crippen molar-refractivity contribution in [1.29, 1.82) is 0 Å². The van der Waals surface area contributed by atoms with Crippen LogP contribution in [0.2, 0.25) is 5.02 Å². The average molecular weight is 280 g/mol. The first-order valence-electron chi connectivity index (χ1n) is 6.04. The van der Waals surface area contributed by atoms with Gasteiger partial charge < -0.3 is 5.73 Å². The zero-order valence-corrected chi connectivity index (χ0v) is 11.6. The number of nitrogens with two attached hydrogens (primary N) is 1. The Labute approximate surface area is 116 Å². The topological polar surface area (TPSA) is 51.8 Å². The van der Waals surface area contributed by atoms with Gasteiger partial charge in [0.1, 0.15) is 11.6 Å². The van der Waals surface area contributed by atoms with Gasteiger partial charge in [-0.15, -0.1) is 0 Å². The summed E-state index contributed by atoms with van der Waals surface area (Å²) in [5.74, 6) is 0.780. The van der Waals surface area contributed by atoms with E-state index in [2.05, 4.69) is 23.8 Å². The first-order chi connectivity index (χ1) is 8.95. The van der Waals surface area contributed by atoms with Crippen LogP contribution in [0.5, 0.6) is 0 Å². The summed E-state index contributed by atoms with van der Waals surface area (Å²) in [4.78, 5) is 8.55. The van der Waals surface area contributed by atoms with Crippen LogP contribution in [0.25, 0.3) is 11.4 Å². The summed E-state index contributed by atoms with van der Waals surface area (Å²) in [5, 5.41) is 0.0788. The molecule has 0 saturated carbocycles. The van der Waals surface area contributed by atoms with Crippen LogP contribution >= 0.6 is 11.6 Å². The van der Waals surface area contributed by atoms with Crippen LogP contribution in [-0.2, 0) is 6.42 Å². The second-order valence-electron chi connectivity index (χ2n) is 4.83. The third-order valence-corrected chi connectivity index (χ3v) is 2.90. The molecule has 0 aliphatic heterocycles. The van der Waals surface area contributed by atoms with E-state index in [4.69, 9.17) is 17.3 Å². The highest BCUT2D eigenvalue weighted by molar-refractivity contribution is 6.30. The predicted molar refractivity (Wildman–Crippen MR) is 75.4 cm³/mol. The van der Waals surface area contributed by atoms with Crippen LogP contribution in [0.1, 0.15) is 19.5 Å². The van der Waals surface area contributed by atoms with E-state index in [0.717, 1.165) is 12.1 Å². The smallest absolute Gasteiger partial charge is 0.161 e. The van der Waals surface area contributed by atoms with Crippen molar-refractivity contribution < 1.29 is 4.39 Å². The Morgan fingerprint density at radius 3 is 2.63 bits per heavy atom. The zero-order chi connectivity index (χ0) is 14.0. The predicted octanol–water partition coefficient (Wildman–Crippen LogP) is 3.72. The lowest BCUT2D eigenvalue weighted by atomic mass is 10.1. The van der Waals surface area contributed by atoms with Gasteiger partial charge >= 0.3 is 0 Å². The van der Waals surface area contributed by atoms with Crippen LogP contribution in [0.4, 0.5) is 10.2 Å². The fraction of sp³-hybridized carbons (Fsp3) is 0.286. The van der Waals surface area contributed by atoms with Gasteiger partial charge in [0, 0.05) is 17.3 Å². The Morgan fingerprint density at radius 1 is 1.26 bits per heavy atom. The minimum absolute atomic E-state index is 0.0788. The van der Waals surface area contributed by atoms with Crippen LogP contribution < -0.4 is 5.73 Å². The van der Waals surface area contributed by atoms with E-state index >= 15 is 0 Å². The first kappa shape index (κ1) is 13.7. The quantitative estimate of drug-likeness (QED) is 0.932. The van der Waals surface area contributed by atoms with Crippen molar-refractivity contribution in [3.05, 3.63) is 40.8 Å². The molecule has 0 fully saturated rings. The van der Waals surface area contributed by atoms with E-state index in [-0.39, 0.29) is 5.02 Å². The average Bonchev–Trinajstić information content (AvgIpc) is 2.31. The second kappa shape index (κ2) is 5.53. The molecular formula is C14H15ClFN3. The highest BCUT2D eigenvalue weighted by Crippen LogP contribution is 2.23. The Hall–Kier alpha value is -1.68. The van der Waals surface area contributed by atoms with Gasteiger partial charge in [0.2, 0.25) is 0 Å². The minimum Gasteiger partial charge on any atom is -0.384 e. The number of nitrogen functional groups attached to an aromatic ring is 1. The van der Waals surface area contributed by atoms with Crippen molar-refractivity contribution in [3.8, 4) is 11.4 Å². The molecule has 19 heavy (non-hydrogen) atoms. The lowest BCUT2D eigenvalue weighted by Crippen LogP contribution is -2.03. The van der Waals surface area contributed by atoms with Gasteiger partial charge in [0.15, 0.2) is 5.82 Å². The minimum atomic E-state index is -0.490. The van der Waals surface area contributed by atoms with Gasteiger partial charge in [0.25, 0.3) is 0 Å². The molecule has 0 spiro atoms. The molecular weight excluding hydrogens is 265 g/mol. The molecule has 0 atom stereocenters. The summed E-state index contributed by atoms with van der Waals surface area (Å²) >= 11 is 5.66. The number of hydrogen-bond acceptors (Lipinski definition) is 3. The Morgan fingerprint density at radius 2 is 2.00 bits per heavy atom. The van der Waals surface area contributed by atoms with Crippen LogP contribution in [-0.4, -0.2) is 9.97 Å². The number of hydrogen-bond donors (Lipinski definition) is 1. The first-order valence-corrected chi connectivity index (χ1v) is 6.42. The molecule has 2 N–H and O–H groups in total. The van der Waals surface area contributed by atoms with E-state index in [1.54, 1.807) is 12.1 Å². The van der Waals surface area contributed by atoms with Gasteiger partial charge in [-0.2, -0.15) is 0 Å². The summed E-state index contributed by atoms with van der Waals surface area (Å²) in [6, 6.07) is 6.23. The van der Waals surface area contributed by atoms with Crippen molar-refractivity contribution in [2.24, 2.45) is 5.92 Å². The van der Waals surface area contributed by atoms with Crippen molar-refractivity contribution in [2.45, 2.75) is 20.3 Å². The molecule has 1 heterocycles. The molecule has 0 unspecified atom stereocenters. The molecule has 0 aliphatic rings. The maximum absolute atomic E-state index is 13.5. The summed E-state index contributed by atoms with van der Waals surface area (Å²) in [7, 11) is 0. The Bertz CT molecular complexity index is 599. The van der Waals surface area contributed by atoms with Crippen LogP contribution in [0.15, 0.2) is 24.3 Å². The van der Waals surface area contributed by atoms with E-state index in [0.29, 0.717) is 23.1 Å². The normalized spacial score (nSPS) is 11.0. The molecule has 0 saturated heterocycles. The molecule has 0 amide bonds. The molecule has 0 radical (unpaired) electrons. The van der Waals surface area contributed by atoms with Gasteiger partial charge in [-0.3, -0.25) is 0 Å². The number of anilines is 1. The van der Waals surface area contributed by atoms with Crippen molar-refractivity contribution in [3.63, 3.8) is 0 Å². The van der Waals surface area contributed by atoms with E-state index in [9.17, 15) is 4.39 Å². The maximum atomic E-state index is 13.5. The number of halogens is 2. The standard InChI is InChI=1S/C14H15ClFN3/c1-8(2)5-10-7-13(17)19-14(18-10)9-3-4-11(15)12(16)6-9/h3-4,6-8H,5H2,1-2H3,(H2,17,18,19). The zero-order valence-electron chi connectivity index (χ0n) is 10.8. The SMILES string of the molecule is CC(C)Cc1cc(N)nc(-c2ccc(Cl)c(F)c2)n1. The largest absolute Gasteiger partial charge is 0.384 e.